The highest BCUT2D eigenvalue weighted by atomic mass is 19.1. The average molecular weight is 277 g/mol. The zero-order valence-corrected chi connectivity index (χ0v) is 11.2. The van der Waals surface area contributed by atoms with Crippen LogP contribution in [0.1, 0.15) is 31.7 Å². The molecule has 2 N–H and O–H groups in total. The summed E-state index contributed by atoms with van der Waals surface area (Å²) in [6.07, 6.45) is 2.13. The molecule has 6 heteroatoms. The number of nitrogens with zero attached hydrogens (tertiary/aromatic N) is 2. The van der Waals surface area contributed by atoms with Gasteiger partial charge in [0.1, 0.15) is 11.9 Å². The molecule has 0 bridgehead atoms. The second-order valence-corrected chi connectivity index (χ2v) is 4.91. The lowest BCUT2D eigenvalue weighted by Gasteiger charge is -2.10. The molecule has 2 aromatic rings. The van der Waals surface area contributed by atoms with Gasteiger partial charge in [-0.1, -0.05) is 5.16 Å². The fraction of sp³-hybridized carbons (Fsp3) is 0.429. The molecule has 1 atom stereocenters. The molecular formula is C14H16FN3O2. The zero-order valence-electron chi connectivity index (χ0n) is 11.2. The standard InChI is InChI=1S/C14H16FN3O2/c1-2-19-12(8-3-4-8)13-17-14(20-18-13)9-5-6-10(15)11(16)7-9/h5-8,12H,2-4,16H2,1H3. The topological polar surface area (TPSA) is 74.2 Å². The van der Waals surface area contributed by atoms with Gasteiger partial charge in [-0.3, -0.25) is 0 Å². The van der Waals surface area contributed by atoms with Crippen LogP contribution in [0.25, 0.3) is 11.5 Å². The molecule has 1 aliphatic carbocycles. The summed E-state index contributed by atoms with van der Waals surface area (Å²) in [6, 6.07) is 4.34. The first-order valence-electron chi connectivity index (χ1n) is 6.69. The Hall–Kier alpha value is -1.95. The molecule has 1 saturated carbocycles. The molecule has 5 nitrogen and oxygen atoms in total. The lowest BCUT2D eigenvalue weighted by Crippen LogP contribution is -2.08. The van der Waals surface area contributed by atoms with Crippen LogP contribution in [0.3, 0.4) is 0 Å². The van der Waals surface area contributed by atoms with Crippen molar-refractivity contribution in [1.82, 2.24) is 10.1 Å². The van der Waals surface area contributed by atoms with E-state index in [2.05, 4.69) is 10.1 Å². The molecule has 20 heavy (non-hydrogen) atoms. The number of rotatable bonds is 5. The van der Waals surface area contributed by atoms with Crippen molar-refractivity contribution in [3.8, 4) is 11.5 Å². The van der Waals surface area contributed by atoms with Crippen LogP contribution < -0.4 is 5.73 Å². The van der Waals surface area contributed by atoms with Gasteiger partial charge in [-0.15, -0.1) is 0 Å². The van der Waals surface area contributed by atoms with Crippen LogP contribution in [0.2, 0.25) is 0 Å². The van der Waals surface area contributed by atoms with Gasteiger partial charge in [0.2, 0.25) is 5.82 Å². The minimum Gasteiger partial charge on any atom is -0.396 e. The van der Waals surface area contributed by atoms with Crippen LogP contribution in [0, 0.1) is 11.7 Å². The summed E-state index contributed by atoms with van der Waals surface area (Å²) in [7, 11) is 0. The number of nitrogen functional groups attached to an aromatic ring is 1. The van der Waals surface area contributed by atoms with E-state index in [0.29, 0.717) is 29.8 Å². The molecule has 0 aliphatic heterocycles. The maximum atomic E-state index is 13.2. The summed E-state index contributed by atoms with van der Waals surface area (Å²) in [4.78, 5) is 4.35. The maximum absolute atomic E-state index is 13.2. The Morgan fingerprint density at radius 3 is 2.95 bits per heavy atom. The van der Waals surface area contributed by atoms with Crippen LogP contribution in [-0.4, -0.2) is 16.7 Å². The van der Waals surface area contributed by atoms with Crippen LogP contribution in [0.4, 0.5) is 10.1 Å². The lowest BCUT2D eigenvalue weighted by molar-refractivity contribution is 0.0385. The summed E-state index contributed by atoms with van der Waals surface area (Å²) in [5.41, 5.74) is 6.21. The van der Waals surface area contributed by atoms with Gasteiger partial charge < -0.3 is 15.0 Å². The van der Waals surface area contributed by atoms with E-state index in [4.69, 9.17) is 15.0 Å². The fourth-order valence-electron chi connectivity index (χ4n) is 2.14. The molecule has 0 saturated heterocycles. The van der Waals surface area contributed by atoms with Gasteiger partial charge in [-0.05, 0) is 43.9 Å². The van der Waals surface area contributed by atoms with Gasteiger partial charge >= 0.3 is 0 Å². The van der Waals surface area contributed by atoms with Crippen LogP contribution >= 0.6 is 0 Å². The smallest absolute Gasteiger partial charge is 0.258 e. The van der Waals surface area contributed by atoms with E-state index < -0.39 is 5.82 Å². The van der Waals surface area contributed by atoms with E-state index in [0.717, 1.165) is 12.8 Å². The molecule has 1 aliphatic rings. The van der Waals surface area contributed by atoms with Crippen molar-refractivity contribution in [1.29, 1.82) is 0 Å². The van der Waals surface area contributed by atoms with E-state index in [1.165, 1.54) is 12.1 Å². The van der Waals surface area contributed by atoms with Crippen LogP contribution in [-0.2, 0) is 4.74 Å². The second-order valence-electron chi connectivity index (χ2n) is 4.91. The van der Waals surface area contributed by atoms with E-state index in [1.54, 1.807) is 6.07 Å². The number of aromatic nitrogens is 2. The Morgan fingerprint density at radius 1 is 1.50 bits per heavy atom. The molecule has 0 spiro atoms. The predicted octanol–water partition coefficient (Wildman–Crippen LogP) is 2.95. The lowest BCUT2D eigenvalue weighted by atomic mass is 10.2. The predicted molar refractivity (Wildman–Crippen MR) is 71.2 cm³/mol. The third-order valence-electron chi connectivity index (χ3n) is 3.34. The molecule has 106 valence electrons. The number of anilines is 1. The third kappa shape index (κ3) is 2.51. The van der Waals surface area contributed by atoms with Crippen molar-refractivity contribution >= 4 is 5.69 Å². The molecule has 3 rings (SSSR count). The Bertz CT molecular complexity index is 610. The SMILES string of the molecule is CCOC(c1noc(-c2ccc(F)c(N)c2)n1)C1CC1. The zero-order chi connectivity index (χ0) is 14.1. The van der Waals surface area contributed by atoms with Gasteiger partial charge in [0.25, 0.3) is 5.89 Å². The average Bonchev–Trinajstić information content (AvgIpc) is 3.16. The maximum Gasteiger partial charge on any atom is 0.258 e. The molecule has 1 heterocycles. The second kappa shape index (κ2) is 5.20. The molecule has 1 fully saturated rings. The first kappa shape index (κ1) is 13.1. The Labute approximate surface area is 115 Å². The van der Waals surface area contributed by atoms with Crippen molar-refractivity contribution in [3.05, 3.63) is 29.8 Å². The van der Waals surface area contributed by atoms with Gasteiger partial charge in [0.15, 0.2) is 0 Å². The monoisotopic (exact) mass is 277 g/mol. The summed E-state index contributed by atoms with van der Waals surface area (Å²) < 4.78 is 24.1. The van der Waals surface area contributed by atoms with Crippen LogP contribution in [0.5, 0.6) is 0 Å². The number of nitrogens with two attached hydrogens (primary N) is 1. The molecule has 0 amide bonds. The van der Waals surface area contributed by atoms with Crippen molar-refractivity contribution in [2.45, 2.75) is 25.9 Å². The summed E-state index contributed by atoms with van der Waals surface area (Å²) in [6.45, 7) is 2.55. The Kier molecular flexibility index (Phi) is 3.40. The highest BCUT2D eigenvalue weighted by molar-refractivity contribution is 5.60. The summed E-state index contributed by atoms with van der Waals surface area (Å²) in [5, 5.41) is 3.98. The van der Waals surface area contributed by atoms with E-state index >= 15 is 0 Å². The minimum absolute atomic E-state index is 0.0609. The van der Waals surface area contributed by atoms with E-state index in [1.807, 2.05) is 6.92 Å². The van der Waals surface area contributed by atoms with E-state index in [9.17, 15) is 4.39 Å². The number of benzene rings is 1. The largest absolute Gasteiger partial charge is 0.396 e. The number of ether oxygens (including phenoxy) is 1. The summed E-state index contributed by atoms with van der Waals surface area (Å²) in [5.74, 6) is 0.890. The minimum atomic E-state index is -0.460. The van der Waals surface area contributed by atoms with Crippen molar-refractivity contribution in [2.24, 2.45) is 5.92 Å². The number of hydrogen-bond donors (Lipinski definition) is 1. The highest BCUT2D eigenvalue weighted by Crippen LogP contribution is 2.42. The molecule has 1 unspecified atom stereocenters. The van der Waals surface area contributed by atoms with Gasteiger partial charge in [0, 0.05) is 12.2 Å². The summed E-state index contributed by atoms with van der Waals surface area (Å²) >= 11 is 0. The first-order valence-corrected chi connectivity index (χ1v) is 6.69. The third-order valence-corrected chi connectivity index (χ3v) is 3.34. The number of hydrogen-bond acceptors (Lipinski definition) is 5. The molecule has 1 aromatic carbocycles. The van der Waals surface area contributed by atoms with Crippen molar-refractivity contribution < 1.29 is 13.7 Å². The first-order chi connectivity index (χ1) is 9.69. The Balaban J connectivity index is 1.86. The van der Waals surface area contributed by atoms with Gasteiger partial charge in [-0.2, -0.15) is 4.98 Å². The number of halogens is 1. The molecule has 0 radical (unpaired) electrons. The van der Waals surface area contributed by atoms with Crippen molar-refractivity contribution in [2.75, 3.05) is 12.3 Å². The quantitative estimate of drug-likeness (QED) is 0.850. The van der Waals surface area contributed by atoms with Gasteiger partial charge in [0.05, 0.1) is 5.69 Å². The fourth-order valence-corrected chi connectivity index (χ4v) is 2.14. The Morgan fingerprint density at radius 2 is 2.30 bits per heavy atom. The normalized spacial score (nSPS) is 16.3. The van der Waals surface area contributed by atoms with Crippen LogP contribution in [0.15, 0.2) is 22.7 Å². The van der Waals surface area contributed by atoms with Crippen molar-refractivity contribution in [3.63, 3.8) is 0 Å². The van der Waals surface area contributed by atoms with Gasteiger partial charge in [-0.25, -0.2) is 4.39 Å². The van der Waals surface area contributed by atoms with E-state index in [-0.39, 0.29) is 11.8 Å². The molecule has 1 aromatic heterocycles. The highest BCUT2D eigenvalue weighted by Gasteiger charge is 2.36. The molecular weight excluding hydrogens is 261 g/mol.